The highest BCUT2D eigenvalue weighted by Gasteiger charge is 2.17. The van der Waals surface area contributed by atoms with Crippen molar-refractivity contribution in [2.45, 2.75) is 52.7 Å². The van der Waals surface area contributed by atoms with Crippen LogP contribution in [0.15, 0.2) is 51.8 Å². The topological polar surface area (TPSA) is 68.5 Å². The van der Waals surface area contributed by atoms with Crippen molar-refractivity contribution in [3.8, 4) is 0 Å². The summed E-state index contributed by atoms with van der Waals surface area (Å²) >= 11 is 3.58. The number of halogens is 1. The maximum atomic E-state index is 11.8. The minimum Gasteiger partial charge on any atom is -0.444 e. The summed E-state index contributed by atoms with van der Waals surface area (Å²) in [5, 5.41) is 7.20. The number of aliphatic imine (C=N–C) groups is 1. The quantitative estimate of drug-likeness (QED) is 0.710. The Morgan fingerprint density at radius 2 is 2.10 bits per heavy atom. The normalized spacial score (nSPS) is 14.2. The fraction of sp³-hybridized carbons (Fsp3) is 0.409. The highest BCUT2D eigenvalue weighted by molar-refractivity contribution is 9.10. The third-order valence-corrected chi connectivity index (χ3v) is 4.94. The molecular formula is C22H27BrN4O2. The first-order valence-corrected chi connectivity index (χ1v) is 10.5. The number of aryl methyl sites for hydroxylation is 1. The molecule has 0 bridgehead atoms. The van der Waals surface area contributed by atoms with Crippen LogP contribution in [0.25, 0.3) is 0 Å². The molecule has 0 saturated carbocycles. The smallest absolute Gasteiger partial charge is 0.407 e. The van der Waals surface area contributed by atoms with Gasteiger partial charge in [-0.3, -0.25) is 9.67 Å². The predicted molar refractivity (Wildman–Crippen MR) is 118 cm³/mol. The number of alkyl carbamates (subject to hydrolysis) is 1. The van der Waals surface area contributed by atoms with Gasteiger partial charge in [0.1, 0.15) is 5.60 Å². The fourth-order valence-corrected chi connectivity index (χ4v) is 3.41. The number of allylic oxidation sites excluding steroid dienone is 1. The van der Waals surface area contributed by atoms with Crippen LogP contribution in [0.3, 0.4) is 0 Å². The molecule has 0 saturated heterocycles. The van der Waals surface area contributed by atoms with Crippen molar-refractivity contribution < 1.29 is 9.53 Å². The number of nitrogens with one attached hydrogen (secondary N) is 1. The van der Waals surface area contributed by atoms with Gasteiger partial charge in [-0.05, 0) is 58.2 Å². The summed E-state index contributed by atoms with van der Waals surface area (Å²) in [6.07, 6.45) is 7.29. The van der Waals surface area contributed by atoms with Crippen molar-refractivity contribution in [1.29, 1.82) is 0 Å². The van der Waals surface area contributed by atoms with Gasteiger partial charge in [0.2, 0.25) is 0 Å². The van der Waals surface area contributed by atoms with Crippen molar-refractivity contribution in [1.82, 2.24) is 15.1 Å². The lowest BCUT2D eigenvalue weighted by Crippen LogP contribution is -2.34. The number of hydrogen-bond donors (Lipinski definition) is 1. The molecule has 0 atom stereocenters. The molecule has 1 aliphatic heterocycles. The van der Waals surface area contributed by atoms with E-state index in [4.69, 9.17) is 9.73 Å². The third-order valence-electron chi connectivity index (χ3n) is 4.45. The number of aromatic nitrogens is 2. The second-order valence-electron chi connectivity index (χ2n) is 8.18. The lowest BCUT2D eigenvalue weighted by molar-refractivity contribution is 0.0525. The summed E-state index contributed by atoms with van der Waals surface area (Å²) in [7, 11) is 0. The Morgan fingerprint density at radius 3 is 2.86 bits per heavy atom. The summed E-state index contributed by atoms with van der Waals surface area (Å²) < 4.78 is 8.09. The molecule has 2 heterocycles. The van der Waals surface area contributed by atoms with Gasteiger partial charge in [-0.25, -0.2) is 4.79 Å². The number of hydrogen-bond acceptors (Lipinski definition) is 4. The van der Waals surface area contributed by atoms with E-state index in [1.165, 1.54) is 11.1 Å². The van der Waals surface area contributed by atoms with E-state index in [0.29, 0.717) is 13.1 Å². The second-order valence-corrected chi connectivity index (χ2v) is 9.09. The molecule has 3 rings (SSSR count). The Balaban J connectivity index is 1.75. The van der Waals surface area contributed by atoms with Gasteiger partial charge in [0.05, 0.1) is 18.5 Å². The van der Waals surface area contributed by atoms with Gasteiger partial charge in [-0.1, -0.05) is 27.6 Å². The molecule has 1 aromatic heterocycles. The van der Waals surface area contributed by atoms with Crippen LogP contribution in [-0.4, -0.2) is 33.7 Å². The van der Waals surface area contributed by atoms with Crippen molar-refractivity contribution in [2.75, 3.05) is 6.54 Å². The highest BCUT2D eigenvalue weighted by atomic mass is 79.9. The summed E-state index contributed by atoms with van der Waals surface area (Å²) in [5.41, 5.74) is 5.00. The van der Waals surface area contributed by atoms with Crippen LogP contribution in [0.2, 0.25) is 0 Å². The maximum Gasteiger partial charge on any atom is 0.407 e. The average molecular weight is 459 g/mol. The number of ether oxygens (including phenoxy) is 1. The van der Waals surface area contributed by atoms with E-state index in [-0.39, 0.29) is 0 Å². The molecule has 0 radical (unpaired) electrons. The Bertz CT molecular complexity index is 954. The van der Waals surface area contributed by atoms with E-state index in [9.17, 15) is 4.79 Å². The van der Waals surface area contributed by atoms with Crippen molar-refractivity contribution in [3.63, 3.8) is 0 Å². The van der Waals surface area contributed by atoms with E-state index < -0.39 is 11.7 Å². The zero-order chi connectivity index (χ0) is 21.0. The number of nitrogens with zero attached hydrogens (tertiary/aromatic N) is 3. The SMILES string of the molecule is CC1=CN=C(c2cnn(CCNC(=O)OC(C)(C)C)c2)c2cc(Br)ccc2CC1. The molecule has 7 heteroatoms. The molecule has 6 nitrogen and oxygen atoms in total. The number of carbonyl (C=O) groups is 1. The predicted octanol–water partition coefficient (Wildman–Crippen LogP) is 4.86. The Morgan fingerprint density at radius 1 is 1.31 bits per heavy atom. The van der Waals surface area contributed by atoms with Crippen molar-refractivity contribution in [2.24, 2.45) is 4.99 Å². The Hall–Kier alpha value is -2.41. The van der Waals surface area contributed by atoms with Crippen LogP contribution in [0.5, 0.6) is 0 Å². The van der Waals surface area contributed by atoms with Gasteiger partial charge in [-0.2, -0.15) is 5.10 Å². The van der Waals surface area contributed by atoms with Crippen LogP contribution in [0.1, 0.15) is 50.8 Å². The Kier molecular flexibility index (Phi) is 6.57. The average Bonchev–Trinajstić information content (AvgIpc) is 3.06. The molecule has 2 aromatic rings. The Labute approximate surface area is 180 Å². The molecule has 0 aliphatic carbocycles. The van der Waals surface area contributed by atoms with Crippen molar-refractivity contribution >= 4 is 27.7 Å². The van der Waals surface area contributed by atoms with Crippen LogP contribution in [0.4, 0.5) is 4.79 Å². The van der Waals surface area contributed by atoms with Gasteiger partial charge < -0.3 is 10.1 Å². The summed E-state index contributed by atoms with van der Waals surface area (Å²) in [6.45, 7) is 8.62. The summed E-state index contributed by atoms with van der Waals surface area (Å²) in [4.78, 5) is 16.5. The molecule has 0 spiro atoms. The van der Waals surface area contributed by atoms with Gasteiger partial charge in [-0.15, -0.1) is 0 Å². The molecule has 0 fully saturated rings. The van der Waals surface area contributed by atoms with Crippen LogP contribution in [-0.2, 0) is 17.7 Å². The minimum absolute atomic E-state index is 0.423. The third kappa shape index (κ3) is 6.03. The maximum absolute atomic E-state index is 11.8. The number of rotatable bonds is 4. The number of carbonyl (C=O) groups excluding carboxylic acids is 1. The number of benzene rings is 1. The van der Waals surface area contributed by atoms with Crippen molar-refractivity contribution in [3.05, 3.63) is 63.5 Å². The molecule has 0 unspecified atom stereocenters. The molecular weight excluding hydrogens is 432 g/mol. The fourth-order valence-electron chi connectivity index (χ4n) is 3.05. The minimum atomic E-state index is -0.507. The van der Waals surface area contributed by atoms with Crippen LogP contribution >= 0.6 is 15.9 Å². The zero-order valence-corrected chi connectivity index (χ0v) is 18.9. The van der Waals surface area contributed by atoms with E-state index in [1.807, 2.05) is 44.0 Å². The lowest BCUT2D eigenvalue weighted by Gasteiger charge is -2.19. The molecule has 1 N–H and O–H groups in total. The van der Waals surface area contributed by atoms with E-state index in [1.54, 1.807) is 0 Å². The summed E-state index contributed by atoms with van der Waals surface area (Å²) in [5.74, 6) is 0. The molecule has 1 aliphatic rings. The first kappa shape index (κ1) is 21.3. The standard InChI is InChI=1S/C22H27BrN4O2/c1-15-5-6-16-7-8-18(23)11-19(16)20(25-12-15)17-13-26-27(14-17)10-9-24-21(28)29-22(2,3)4/h7-8,11-14H,5-6,9-10H2,1-4H3,(H,24,28). The van der Waals surface area contributed by atoms with E-state index >= 15 is 0 Å². The second kappa shape index (κ2) is 8.95. The van der Waals surface area contributed by atoms with E-state index in [0.717, 1.165) is 34.2 Å². The van der Waals surface area contributed by atoms with Gasteiger partial charge in [0.25, 0.3) is 0 Å². The van der Waals surface area contributed by atoms with Gasteiger partial charge >= 0.3 is 6.09 Å². The first-order chi connectivity index (χ1) is 13.7. The largest absolute Gasteiger partial charge is 0.444 e. The lowest BCUT2D eigenvalue weighted by atomic mass is 9.94. The van der Waals surface area contributed by atoms with Gasteiger partial charge in [0.15, 0.2) is 0 Å². The number of fused-ring (bicyclic) bond motifs is 1. The van der Waals surface area contributed by atoms with E-state index in [2.05, 4.69) is 51.5 Å². The number of amides is 1. The molecule has 1 aromatic carbocycles. The monoisotopic (exact) mass is 458 g/mol. The van der Waals surface area contributed by atoms with Crippen LogP contribution in [0, 0.1) is 0 Å². The first-order valence-electron chi connectivity index (χ1n) is 9.73. The molecule has 29 heavy (non-hydrogen) atoms. The molecule has 1 amide bonds. The molecule has 154 valence electrons. The van der Waals surface area contributed by atoms with Gasteiger partial charge in [0, 0.05) is 34.5 Å². The summed E-state index contributed by atoms with van der Waals surface area (Å²) in [6, 6.07) is 6.34. The highest BCUT2D eigenvalue weighted by Crippen LogP contribution is 2.25. The van der Waals surface area contributed by atoms with Crippen LogP contribution < -0.4 is 5.32 Å². The zero-order valence-electron chi connectivity index (χ0n) is 17.3.